The Hall–Kier alpha value is -4.76. The Morgan fingerprint density at radius 1 is 1.02 bits per heavy atom. The number of hydrogen-bond donors (Lipinski definition) is 2. The van der Waals surface area contributed by atoms with E-state index in [1.807, 2.05) is 42.5 Å². The zero-order valence-electron chi connectivity index (χ0n) is 22.7. The minimum absolute atomic E-state index is 0.0749. The number of benzene rings is 3. The minimum Gasteiger partial charge on any atom is -0.469 e. The first kappa shape index (κ1) is 26.8. The quantitative estimate of drug-likeness (QED) is 0.248. The lowest BCUT2D eigenvalue weighted by atomic mass is 9.94. The van der Waals surface area contributed by atoms with Crippen molar-refractivity contribution in [3.05, 3.63) is 85.1 Å². The fraction of sp³-hybridized carbons (Fsp3) is 0.226. The molecule has 1 aliphatic rings. The van der Waals surface area contributed by atoms with E-state index >= 15 is 0 Å². The van der Waals surface area contributed by atoms with Crippen molar-refractivity contribution in [3.8, 4) is 11.1 Å². The number of hydrogen-bond acceptors (Lipinski definition) is 8. The van der Waals surface area contributed by atoms with Gasteiger partial charge in [-0.05, 0) is 60.6 Å². The van der Waals surface area contributed by atoms with Crippen LogP contribution >= 0.6 is 0 Å². The highest BCUT2D eigenvalue weighted by molar-refractivity contribution is 6.01. The lowest BCUT2D eigenvalue weighted by Crippen LogP contribution is -2.44. The van der Waals surface area contributed by atoms with E-state index in [1.165, 1.54) is 18.9 Å². The molecule has 1 amide bonds. The maximum absolute atomic E-state index is 12.3. The highest BCUT2D eigenvalue weighted by Gasteiger charge is 2.17. The molecule has 0 saturated carbocycles. The zero-order valence-corrected chi connectivity index (χ0v) is 22.7. The smallest absolute Gasteiger partial charge is 0.310 e. The number of nitrogens with one attached hydrogen (secondary N) is 2. The number of fused-ring (bicyclic) bond motifs is 1. The molecule has 1 aliphatic heterocycles. The summed E-state index contributed by atoms with van der Waals surface area (Å²) in [4.78, 5) is 38.3. The van der Waals surface area contributed by atoms with Crippen molar-refractivity contribution in [2.24, 2.45) is 0 Å². The van der Waals surface area contributed by atoms with Gasteiger partial charge in [-0.15, -0.1) is 0 Å². The van der Waals surface area contributed by atoms with Crippen LogP contribution in [0.3, 0.4) is 0 Å². The molecule has 4 aromatic rings. The van der Waals surface area contributed by atoms with E-state index in [-0.39, 0.29) is 18.3 Å². The SMILES string of the molecule is C=CC(=O)Nc1cccc(-c2c(CC(=O)OC)ccc3cnc(Nc4ccc(N5CCN(C)CC5)cc4)nc23)c1. The van der Waals surface area contributed by atoms with Gasteiger partial charge in [0.15, 0.2) is 0 Å². The van der Waals surface area contributed by atoms with Crippen LogP contribution < -0.4 is 15.5 Å². The van der Waals surface area contributed by atoms with Gasteiger partial charge in [-0.1, -0.05) is 30.8 Å². The first-order valence-electron chi connectivity index (χ1n) is 13.1. The molecular weight excluding hydrogens is 504 g/mol. The second kappa shape index (κ2) is 12.0. The summed E-state index contributed by atoms with van der Waals surface area (Å²) >= 11 is 0. The van der Waals surface area contributed by atoms with Gasteiger partial charge in [0.05, 0.1) is 19.0 Å². The molecule has 0 bridgehead atoms. The van der Waals surface area contributed by atoms with Crippen LogP contribution in [0.25, 0.3) is 22.0 Å². The van der Waals surface area contributed by atoms with E-state index in [1.54, 1.807) is 12.3 Å². The van der Waals surface area contributed by atoms with Crippen molar-refractivity contribution < 1.29 is 14.3 Å². The largest absolute Gasteiger partial charge is 0.469 e. The van der Waals surface area contributed by atoms with Crippen LogP contribution in [0.1, 0.15) is 5.56 Å². The van der Waals surface area contributed by atoms with Gasteiger partial charge in [0.25, 0.3) is 0 Å². The van der Waals surface area contributed by atoms with Crippen LogP contribution in [0.4, 0.5) is 23.0 Å². The Labute approximate surface area is 233 Å². The van der Waals surface area contributed by atoms with E-state index in [0.717, 1.165) is 53.9 Å². The summed E-state index contributed by atoms with van der Waals surface area (Å²) in [5, 5.41) is 6.94. The van der Waals surface area contributed by atoms with Crippen molar-refractivity contribution in [2.75, 3.05) is 55.9 Å². The number of carbonyl (C=O) groups is 2. The van der Waals surface area contributed by atoms with Gasteiger partial charge in [-0.2, -0.15) is 0 Å². The van der Waals surface area contributed by atoms with Gasteiger partial charge < -0.3 is 25.2 Å². The molecule has 2 N–H and O–H groups in total. The van der Waals surface area contributed by atoms with Crippen LogP contribution in [-0.4, -0.2) is 67.1 Å². The second-order valence-corrected chi connectivity index (χ2v) is 9.72. The van der Waals surface area contributed by atoms with E-state index in [2.05, 4.69) is 51.2 Å². The van der Waals surface area contributed by atoms with Crippen molar-refractivity contribution in [1.29, 1.82) is 0 Å². The van der Waals surface area contributed by atoms with E-state index < -0.39 is 0 Å². The first-order valence-corrected chi connectivity index (χ1v) is 13.1. The molecular formula is C31H32N6O3. The van der Waals surface area contributed by atoms with Crippen molar-refractivity contribution in [2.45, 2.75) is 6.42 Å². The first-order chi connectivity index (χ1) is 19.4. The van der Waals surface area contributed by atoms with E-state index in [4.69, 9.17) is 9.72 Å². The average molecular weight is 537 g/mol. The van der Waals surface area contributed by atoms with Gasteiger partial charge in [0.2, 0.25) is 11.9 Å². The summed E-state index contributed by atoms with van der Waals surface area (Å²) in [6.45, 7) is 7.63. The molecule has 9 nitrogen and oxygen atoms in total. The van der Waals surface area contributed by atoms with E-state index in [0.29, 0.717) is 17.2 Å². The number of rotatable bonds is 8. The highest BCUT2D eigenvalue weighted by Crippen LogP contribution is 2.34. The standard InChI is InChI=1S/C31H32N6O3/c1-4-27(38)33-25-7-5-6-21(18-25)29-22(19-28(39)40-3)8-9-23-20-32-31(35-30(23)29)34-24-10-12-26(13-11-24)37-16-14-36(2)15-17-37/h4-13,18,20H,1,14-17,19H2,2-3H3,(H,33,38)(H,32,34,35). The van der Waals surface area contributed by atoms with Crippen molar-refractivity contribution in [3.63, 3.8) is 0 Å². The Morgan fingerprint density at radius 3 is 2.52 bits per heavy atom. The van der Waals surface area contributed by atoms with Gasteiger partial charge in [-0.25, -0.2) is 9.97 Å². The number of ether oxygens (including phenoxy) is 1. The molecule has 5 rings (SSSR count). The summed E-state index contributed by atoms with van der Waals surface area (Å²) in [5.74, 6) is -0.228. The average Bonchev–Trinajstić information content (AvgIpc) is 2.98. The number of piperazine rings is 1. The topological polar surface area (TPSA) is 99.7 Å². The van der Waals surface area contributed by atoms with E-state index in [9.17, 15) is 9.59 Å². The van der Waals surface area contributed by atoms with Crippen LogP contribution in [-0.2, 0) is 20.7 Å². The molecule has 0 radical (unpaired) electrons. The fourth-order valence-corrected chi connectivity index (χ4v) is 4.79. The normalized spacial score (nSPS) is 13.6. The molecule has 1 saturated heterocycles. The third-order valence-electron chi connectivity index (χ3n) is 7.00. The molecule has 3 aromatic carbocycles. The number of amides is 1. The Kier molecular flexibility index (Phi) is 8.02. The van der Waals surface area contributed by atoms with Crippen LogP contribution in [0.5, 0.6) is 0 Å². The molecule has 0 spiro atoms. The molecule has 204 valence electrons. The fourth-order valence-electron chi connectivity index (χ4n) is 4.79. The maximum Gasteiger partial charge on any atom is 0.310 e. The molecule has 9 heteroatoms. The lowest BCUT2D eigenvalue weighted by Gasteiger charge is -2.34. The number of anilines is 4. The predicted molar refractivity (Wildman–Crippen MR) is 159 cm³/mol. The van der Waals surface area contributed by atoms with Gasteiger partial charge in [0.1, 0.15) is 0 Å². The molecule has 2 heterocycles. The molecule has 0 aliphatic carbocycles. The third-order valence-corrected chi connectivity index (χ3v) is 7.00. The Bertz CT molecular complexity index is 1550. The van der Waals surface area contributed by atoms with Crippen molar-refractivity contribution >= 4 is 45.8 Å². The predicted octanol–water partition coefficient (Wildman–Crippen LogP) is 4.63. The van der Waals surface area contributed by atoms with Crippen LogP contribution in [0.2, 0.25) is 0 Å². The number of nitrogens with zero attached hydrogens (tertiary/aromatic N) is 4. The summed E-state index contributed by atoms with van der Waals surface area (Å²) in [6.07, 6.45) is 3.06. The number of esters is 1. The summed E-state index contributed by atoms with van der Waals surface area (Å²) in [6, 6.07) is 19.5. The lowest BCUT2D eigenvalue weighted by molar-refractivity contribution is -0.139. The summed E-state index contributed by atoms with van der Waals surface area (Å²) in [5.41, 5.74) is 5.68. The summed E-state index contributed by atoms with van der Waals surface area (Å²) in [7, 11) is 3.52. The molecule has 1 fully saturated rings. The minimum atomic E-state index is -0.357. The summed E-state index contributed by atoms with van der Waals surface area (Å²) < 4.78 is 4.95. The van der Waals surface area contributed by atoms with Gasteiger partial charge >= 0.3 is 5.97 Å². The van der Waals surface area contributed by atoms with Gasteiger partial charge in [0, 0.05) is 60.4 Å². The van der Waals surface area contributed by atoms with Gasteiger partial charge in [-0.3, -0.25) is 9.59 Å². The van der Waals surface area contributed by atoms with Crippen LogP contribution in [0.15, 0.2) is 79.5 Å². The Morgan fingerprint density at radius 2 is 1.80 bits per heavy atom. The molecule has 0 unspecified atom stereocenters. The Balaban J connectivity index is 1.49. The van der Waals surface area contributed by atoms with Crippen LogP contribution in [0, 0.1) is 0 Å². The third kappa shape index (κ3) is 6.10. The van der Waals surface area contributed by atoms with Crippen molar-refractivity contribution in [1.82, 2.24) is 14.9 Å². The zero-order chi connectivity index (χ0) is 28.1. The number of methoxy groups -OCH3 is 1. The second-order valence-electron chi connectivity index (χ2n) is 9.72. The molecule has 40 heavy (non-hydrogen) atoms. The highest BCUT2D eigenvalue weighted by atomic mass is 16.5. The maximum atomic E-state index is 12.3. The number of likely N-dealkylation sites (N-methyl/N-ethyl adjacent to an activating group) is 1. The number of carbonyl (C=O) groups excluding carboxylic acids is 2. The monoisotopic (exact) mass is 536 g/mol. The number of aromatic nitrogens is 2. The molecule has 0 atom stereocenters. The molecule has 1 aromatic heterocycles.